The van der Waals surface area contributed by atoms with Crippen LogP contribution in [0.15, 0.2) is 0 Å². The molecule has 0 amide bonds. The van der Waals surface area contributed by atoms with Crippen LogP contribution in [0.1, 0.15) is 246 Å². The molecule has 0 aromatic rings. The lowest BCUT2D eigenvalue weighted by Gasteiger charge is -2.22. The Morgan fingerprint density at radius 2 is 0.667 bits per heavy atom. The molecule has 1 N–H and O–H groups in total. The molecule has 0 saturated carbocycles. The maximum Gasteiger partial charge on any atom is 0.308 e. The molecule has 0 rings (SSSR count). The number of rotatable bonds is 44. The molecule has 2 atom stereocenters. The molecule has 0 aliphatic heterocycles. The summed E-state index contributed by atoms with van der Waals surface area (Å²) in [6, 6.07) is 0. The molecular formula is C48H95NO5. The quantitative estimate of drug-likeness (QED) is 0.0492. The van der Waals surface area contributed by atoms with Crippen LogP contribution >= 0.6 is 0 Å². The molecule has 0 spiro atoms. The predicted molar refractivity (Wildman–Crippen MR) is 232 cm³/mol. The van der Waals surface area contributed by atoms with Crippen molar-refractivity contribution in [2.75, 3.05) is 39.5 Å². The van der Waals surface area contributed by atoms with E-state index in [2.05, 4.69) is 32.6 Å². The van der Waals surface area contributed by atoms with Crippen LogP contribution in [0.2, 0.25) is 0 Å². The number of aliphatic hydroxyl groups excluding tert-OH is 1. The summed E-state index contributed by atoms with van der Waals surface area (Å²) in [4.78, 5) is 28.5. The van der Waals surface area contributed by atoms with Crippen molar-refractivity contribution < 1.29 is 24.2 Å². The number of hydrogen-bond acceptors (Lipinski definition) is 6. The summed E-state index contributed by atoms with van der Waals surface area (Å²) in [7, 11) is 0. The zero-order chi connectivity index (χ0) is 39.6. The van der Waals surface area contributed by atoms with Gasteiger partial charge < -0.3 is 19.5 Å². The second kappa shape index (κ2) is 43.0. The highest BCUT2D eigenvalue weighted by molar-refractivity contribution is 5.72. The summed E-state index contributed by atoms with van der Waals surface area (Å²) >= 11 is 0. The fourth-order valence-corrected chi connectivity index (χ4v) is 7.68. The molecule has 0 saturated heterocycles. The average Bonchev–Trinajstić information content (AvgIpc) is 3.17. The highest BCUT2D eigenvalue weighted by Gasteiger charge is 2.20. The molecule has 0 aromatic carbocycles. The van der Waals surface area contributed by atoms with Crippen LogP contribution in [0.5, 0.6) is 0 Å². The molecule has 0 aromatic heterocycles. The summed E-state index contributed by atoms with van der Waals surface area (Å²) in [5.74, 6) is 0.290. The Kier molecular flexibility index (Phi) is 42.1. The van der Waals surface area contributed by atoms with Crippen LogP contribution in [0.3, 0.4) is 0 Å². The van der Waals surface area contributed by atoms with Gasteiger partial charge in [-0.2, -0.15) is 0 Å². The third-order valence-electron chi connectivity index (χ3n) is 11.4. The van der Waals surface area contributed by atoms with Gasteiger partial charge in [-0.1, -0.05) is 182 Å². The summed E-state index contributed by atoms with van der Waals surface area (Å²) in [6.45, 7) is 13.6. The standard InChI is InChI=1S/C48H95NO5/c1-5-9-13-17-19-27-37-45(35-25-15-11-7-3)47(51)53-43-33-23-21-29-39-49(41-31-32-42-50)40-30-22-24-34-44-54-48(52)46(36-26-16-12-8-4)38-28-20-18-14-10-6-2/h45-46,50H,5-44H2,1-4H3/t45-,46?/m1/s1. The zero-order valence-electron chi connectivity index (χ0n) is 37.0. The molecule has 0 heterocycles. The van der Waals surface area contributed by atoms with E-state index in [1.807, 2.05) is 0 Å². The molecule has 0 bridgehead atoms. The van der Waals surface area contributed by atoms with Gasteiger partial charge >= 0.3 is 11.9 Å². The number of unbranched alkanes of at least 4 members (excludes halogenated alkanes) is 23. The van der Waals surface area contributed by atoms with Crippen molar-refractivity contribution in [3.63, 3.8) is 0 Å². The molecule has 54 heavy (non-hydrogen) atoms. The van der Waals surface area contributed by atoms with Crippen molar-refractivity contribution in [2.45, 2.75) is 246 Å². The van der Waals surface area contributed by atoms with Gasteiger partial charge in [0.15, 0.2) is 0 Å². The first-order chi connectivity index (χ1) is 26.5. The lowest BCUT2D eigenvalue weighted by molar-refractivity contribution is -0.150. The van der Waals surface area contributed by atoms with Gasteiger partial charge in [-0.05, 0) is 83.8 Å². The van der Waals surface area contributed by atoms with E-state index in [0.29, 0.717) is 13.2 Å². The molecule has 1 unspecified atom stereocenters. The number of carbonyl (C=O) groups excluding carboxylic acids is 2. The average molecular weight is 766 g/mol. The van der Waals surface area contributed by atoms with Crippen molar-refractivity contribution in [1.82, 2.24) is 4.90 Å². The van der Waals surface area contributed by atoms with E-state index in [0.717, 1.165) is 122 Å². The normalized spacial score (nSPS) is 12.7. The van der Waals surface area contributed by atoms with Crippen LogP contribution in [0.25, 0.3) is 0 Å². The van der Waals surface area contributed by atoms with E-state index in [4.69, 9.17) is 9.47 Å². The molecule has 0 aliphatic carbocycles. The van der Waals surface area contributed by atoms with Crippen molar-refractivity contribution in [3.05, 3.63) is 0 Å². The largest absolute Gasteiger partial charge is 0.465 e. The van der Waals surface area contributed by atoms with Crippen molar-refractivity contribution in [2.24, 2.45) is 11.8 Å². The van der Waals surface area contributed by atoms with Crippen molar-refractivity contribution in [3.8, 4) is 0 Å². The van der Waals surface area contributed by atoms with E-state index >= 15 is 0 Å². The highest BCUT2D eigenvalue weighted by atomic mass is 16.5. The first-order valence-electron chi connectivity index (χ1n) is 24.2. The van der Waals surface area contributed by atoms with Crippen LogP contribution in [0.4, 0.5) is 0 Å². The second-order valence-corrected chi connectivity index (χ2v) is 16.6. The fraction of sp³-hybridized carbons (Fsp3) is 0.958. The summed E-state index contributed by atoms with van der Waals surface area (Å²) in [5, 5.41) is 9.32. The Balaban J connectivity index is 4.36. The first kappa shape index (κ1) is 52.9. The van der Waals surface area contributed by atoms with Crippen LogP contribution < -0.4 is 0 Å². The molecule has 6 heteroatoms. The van der Waals surface area contributed by atoms with Crippen molar-refractivity contribution in [1.29, 1.82) is 0 Å². The maximum absolute atomic E-state index is 13.0. The zero-order valence-corrected chi connectivity index (χ0v) is 37.0. The third-order valence-corrected chi connectivity index (χ3v) is 11.4. The fourth-order valence-electron chi connectivity index (χ4n) is 7.68. The monoisotopic (exact) mass is 766 g/mol. The van der Waals surface area contributed by atoms with E-state index in [1.165, 1.54) is 116 Å². The van der Waals surface area contributed by atoms with Gasteiger partial charge in [0.1, 0.15) is 0 Å². The van der Waals surface area contributed by atoms with Gasteiger partial charge in [-0.3, -0.25) is 9.59 Å². The van der Waals surface area contributed by atoms with Crippen LogP contribution in [-0.4, -0.2) is 61.4 Å². The number of ether oxygens (including phenoxy) is 2. The van der Waals surface area contributed by atoms with Gasteiger partial charge in [0, 0.05) is 6.61 Å². The topological polar surface area (TPSA) is 76.1 Å². The minimum atomic E-state index is 0.0544. The Morgan fingerprint density at radius 1 is 0.389 bits per heavy atom. The molecule has 0 fully saturated rings. The SMILES string of the molecule is CCCCCCCCC(CCCCCC)C(=O)OCCCCCCN(CCCCO)CCCCCCOC(=O)[C@H](CCCCCC)CCCCCCCC. The third kappa shape index (κ3) is 35.3. The Bertz CT molecular complexity index is 718. The van der Waals surface area contributed by atoms with E-state index < -0.39 is 0 Å². The maximum atomic E-state index is 13.0. The number of nitrogens with zero attached hydrogens (tertiary/aromatic N) is 1. The smallest absolute Gasteiger partial charge is 0.308 e. The number of carbonyl (C=O) groups is 2. The summed E-state index contributed by atoms with van der Waals surface area (Å²) < 4.78 is 11.6. The molecule has 6 nitrogen and oxygen atoms in total. The Hall–Kier alpha value is -1.14. The van der Waals surface area contributed by atoms with Gasteiger partial charge in [0.25, 0.3) is 0 Å². The van der Waals surface area contributed by atoms with Crippen molar-refractivity contribution >= 4 is 11.9 Å². The summed E-state index contributed by atoms with van der Waals surface area (Å²) in [5.41, 5.74) is 0. The predicted octanol–water partition coefficient (Wildman–Crippen LogP) is 13.9. The number of hydrogen-bond donors (Lipinski definition) is 1. The van der Waals surface area contributed by atoms with Crippen LogP contribution in [-0.2, 0) is 19.1 Å². The first-order valence-corrected chi connectivity index (χ1v) is 24.2. The number of esters is 2. The van der Waals surface area contributed by atoms with Gasteiger partial charge in [-0.15, -0.1) is 0 Å². The second-order valence-electron chi connectivity index (χ2n) is 16.6. The molecule has 0 aliphatic rings. The molecule has 322 valence electrons. The molecule has 0 radical (unpaired) electrons. The molecular weight excluding hydrogens is 671 g/mol. The Morgan fingerprint density at radius 3 is 1.02 bits per heavy atom. The number of aliphatic hydroxyl groups is 1. The van der Waals surface area contributed by atoms with E-state index in [-0.39, 0.29) is 30.4 Å². The van der Waals surface area contributed by atoms with E-state index in [1.54, 1.807) is 0 Å². The van der Waals surface area contributed by atoms with Gasteiger partial charge in [-0.25, -0.2) is 0 Å². The van der Waals surface area contributed by atoms with Gasteiger partial charge in [0.05, 0.1) is 25.0 Å². The van der Waals surface area contributed by atoms with E-state index in [9.17, 15) is 14.7 Å². The van der Waals surface area contributed by atoms with Crippen LogP contribution in [0, 0.1) is 11.8 Å². The minimum absolute atomic E-state index is 0.0544. The minimum Gasteiger partial charge on any atom is -0.465 e. The highest BCUT2D eigenvalue weighted by Crippen LogP contribution is 2.22. The Labute approximate surface area is 337 Å². The lowest BCUT2D eigenvalue weighted by atomic mass is 9.94. The lowest BCUT2D eigenvalue weighted by Crippen LogP contribution is -2.27. The van der Waals surface area contributed by atoms with Gasteiger partial charge in [0.2, 0.25) is 0 Å². The summed E-state index contributed by atoms with van der Waals surface area (Å²) in [6.07, 6.45) is 39.6.